The molecule has 0 aliphatic carbocycles. The van der Waals surface area contributed by atoms with Gasteiger partial charge in [-0.05, 0) is 55.5 Å². The predicted molar refractivity (Wildman–Crippen MR) is 118 cm³/mol. The fourth-order valence-corrected chi connectivity index (χ4v) is 3.62. The molecule has 2 N–H and O–H groups in total. The fraction of sp³-hybridized carbons (Fsp3) is 0.0909. The molecule has 3 aromatic carbocycles. The summed E-state index contributed by atoms with van der Waals surface area (Å²) >= 11 is 12.5. The first-order valence-electron chi connectivity index (χ1n) is 9.15. The third-order valence-corrected chi connectivity index (χ3v) is 4.96. The molecule has 6 nitrogen and oxygen atoms in total. The van der Waals surface area contributed by atoms with Crippen molar-refractivity contribution >= 4 is 45.8 Å². The standard InChI is InChI=1S/C22H17Cl2N3O3/c1-2-29-22(28)13-7-9-15(10-8-13)27-19-6-4-3-5-16(19)21(26-27)30-20-17(23)11-14(25)12-18(20)24/h3-12H,2,25H2,1H3. The molecular weight excluding hydrogens is 425 g/mol. The van der Waals surface area contributed by atoms with Crippen LogP contribution in [0.5, 0.6) is 11.6 Å². The molecule has 1 aromatic heterocycles. The SMILES string of the molecule is CCOC(=O)c1ccc(-n2nc(Oc3c(Cl)cc(N)cc3Cl)c3ccccc32)cc1. The summed E-state index contributed by atoms with van der Waals surface area (Å²) in [5.41, 5.74) is 8.25. The van der Waals surface area contributed by atoms with Gasteiger partial charge < -0.3 is 15.2 Å². The number of nitrogens with zero attached hydrogens (tertiary/aromatic N) is 2. The van der Waals surface area contributed by atoms with Crippen molar-refractivity contribution < 1.29 is 14.3 Å². The number of aromatic nitrogens is 2. The molecular formula is C22H17Cl2N3O3. The number of rotatable bonds is 5. The van der Waals surface area contributed by atoms with Gasteiger partial charge in [-0.25, -0.2) is 9.48 Å². The lowest BCUT2D eigenvalue weighted by Crippen LogP contribution is -2.05. The number of esters is 1. The number of fused-ring (bicyclic) bond motifs is 1. The third kappa shape index (κ3) is 3.79. The number of nitrogen functional groups attached to an aromatic ring is 1. The number of hydrogen-bond donors (Lipinski definition) is 1. The summed E-state index contributed by atoms with van der Waals surface area (Å²) in [4.78, 5) is 11.9. The fourth-order valence-electron chi connectivity index (χ4n) is 3.04. The number of carbonyl (C=O) groups is 1. The number of halogens is 2. The molecule has 0 aliphatic heterocycles. The number of benzene rings is 3. The van der Waals surface area contributed by atoms with E-state index in [9.17, 15) is 4.79 Å². The minimum atomic E-state index is -0.369. The first-order valence-corrected chi connectivity index (χ1v) is 9.91. The van der Waals surface area contributed by atoms with Crippen LogP contribution in [-0.4, -0.2) is 22.4 Å². The lowest BCUT2D eigenvalue weighted by atomic mass is 10.2. The van der Waals surface area contributed by atoms with Crippen molar-refractivity contribution in [3.63, 3.8) is 0 Å². The van der Waals surface area contributed by atoms with Crippen LogP contribution in [0.4, 0.5) is 5.69 Å². The monoisotopic (exact) mass is 441 g/mol. The van der Waals surface area contributed by atoms with Crippen LogP contribution >= 0.6 is 23.2 Å². The quantitative estimate of drug-likeness (QED) is 0.308. The van der Waals surface area contributed by atoms with E-state index < -0.39 is 0 Å². The zero-order valence-corrected chi connectivity index (χ0v) is 17.4. The van der Waals surface area contributed by atoms with Crippen LogP contribution in [0, 0.1) is 0 Å². The summed E-state index contributed by atoms with van der Waals surface area (Å²) in [7, 11) is 0. The van der Waals surface area contributed by atoms with E-state index in [2.05, 4.69) is 5.10 Å². The molecule has 0 unspecified atom stereocenters. The summed E-state index contributed by atoms with van der Waals surface area (Å²) < 4.78 is 12.7. The first-order chi connectivity index (χ1) is 14.5. The number of hydrogen-bond acceptors (Lipinski definition) is 5. The molecule has 1 heterocycles. The molecule has 30 heavy (non-hydrogen) atoms. The Hall–Kier alpha value is -3.22. The molecule has 0 amide bonds. The maximum Gasteiger partial charge on any atom is 0.338 e. The number of carbonyl (C=O) groups excluding carboxylic acids is 1. The smallest absolute Gasteiger partial charge is 0.338 e. The van der Waals surface area contributed by atoms with E-state index in [1.807, 2.05) is 24.3 Å². The topological polar surface area (TPSA) is 79.4 Å². The molecule has 0 saturated carbocycles. The van der Waals surface area contributed by atoms with Gasteiger partial charge in [0.05, 0.1) is 38.8 Å². The minimum absolute atomic E-state index is 0.278. The molecule has 4 aromatic rings. The molecule has 0 fully saturated rings. The van der Waals surface area contributed by atoms with E-state index in [0.717, 1.165) is 16.6 Å². The van der Waals surface area contributed by atoms with Gasteiger partial charge in [-0.15, -0.1) is 5.10 Å². The van der Waals surface area contributed by atoms with Crippen molar-refractivity contribution in [1.82, 2.24) is 9.78 Å². The predicted octanol–water partition coefficient (Wildman–Crippen LogP) is 5.88. The zero-order chi connectivity index (χ0) is 21.3. The summed E-state index contributed by atoms with van der Waals surface area (Å²) in [6.07, 6.45) is 0. The Morgan fingerprint density at radius 2 is 1.73 bits per heavy atom. The molecule has 152 valence electrons. The highest BCUT2D eigenvalue weighted by molar-refractivity contribution is 6.37. The van der Waals surface area contributed by atoms with Crippen molar-refractivity contribution in [3.8, 4) is 17.3 Å². The maximum absolute atomic E-state index is 11.9. The normalized spacial score (nSPS) is 10.9. The van der Waals surface area contributed by atoms with Crippen LogP contribution in [0.15, 0.2) is 60.7 Å². The number of ether oxygens (including phenoxy) is 2. The lowest BCUT2D eigenvalue weighted by molar-refractivity contribution is 0.0526. The number of para-hydroxylation sites is 1. The lowest BCUT2D eigenvalue weighted by Gasteiger charge is -2.08. The van der Waals surface area contributed by atoms with Gasteiger partial charge in [0.2, 0.25) is 5.88 Å². The van der Waals surface area contributed by atoms with Crippen LogP contribution in [-0.2, 0) is 4.74 Å². The van der Waals surface area contributed by atoms with Gasteiger partial charge in [0.1, 0.15) is 0 Å². The second-order valence-corrected chi connectivity index (χ2v) is 7.23. The van der Waals surface area contributed by atoms with E-state index >= 15 is 0 Å². The average molecular weight is 442 g/mol. The maximum atomic E-state index is 11.9. The minimum Gasteiger partial charge on any atom is -0.462 e. The summed E-state index contributed by atoms with van der Waals surface area (Å²) in [6, 6.07) is 17.7. The first kappa shape index (κ1) is 20.1. The van der Waals surface area contributed by atoms with Crippen molar-refractivity contribution in [2.75, 3.05) is 12.3 Å². The van der Waals surface area contributed by atoms with Gasteiger partial charge in [-0.1, -0.05) is 35.3 Å². The van der Waals surface area contributed by atoms with Crippen molar-refractivity contribution in [1.29, 1.82) is 0 Å². The van der Waals surface area contributed by atoms with Gasteiger partial charge >= 0.3 is 5.97 Å². The second kappa shape index (κ2) is 8.26. The van der Waals surface area contributed by atoms with E-state index in [0.29, 0.717) is 23.7 Å². The van der Waals surface area contributed by atoms with E-state index in [4.69, 9.17) is 38.4 Å². The number of anilines is 1. The van der Waals surface area contributed by atoms with Crippen molar-refractivity contribution in [2.24, 2.45) is 0 Å². The van der Waals surface area contributed by atoms with Crippen LogP contribution < -0.4 is 10.5 Å². The summed E-state index contributed by atoms with van der Waals surface area (Å²) in [6.45, 7) is 2.09. The third-order valence-electron chi connectivity index (χ3n) is 4.40. The Kier molecular flexibility index (Phi) is 5.53. The van der Waals surface area contributed by atoms with E-state index in [1.165, 1.54) is 0 Å². The molecule has 0 atom stereocenters. The average Bonchev–Trinajstić information content (AvgIpc) is 3.09. The highest BCUT2D eigenvalue weighted by Gasteiger charge is 2.17. The summed E-state index contributed by atoms with van der Waals surface area (Å²) in [5, 5.41) is 5.95. The van der Waals surface area contributed by atoms with Crippen molar-refractivity contribution in [2.45, 2.75) is 6.92 Å². The van der Waals surface area contributed by atoms with Crippen LogP contribution in [0.3, 0.4) is 0 Å². The highest BCUT2D eigenvalue weighted by atomic mass is 35.5. The van der Waals surface area contributed by atoms with E-state index in [-0.39, 0.29) is 21.8 Å². The molecule has 8 heteroatoms. The molecule has 0 saturated heterocycles. The van der Waals surface area contributed by atoms with Gasteiger partial charge in [-0.3, -0.25) is 0 Å². The Labute approximate surface area is 182 Å². The van der Waals surface area contributed by atoms with Crippen LogP contribution in [0.2, 0.25) is 10.0 Å². The van der Waals surface area contributed by atoms with Crippen LogP contribution in [0.1, 0.15) is 17.3 Å². The van der Waals surface area contributed by atoms with Gasteiger partial charge in [0.25, 0.3) is 0 Å². The Morgan fingerprint density at radius 1 is 1.07 bits per heavy atom. The second-order valence-electron chi connectivity index (χ2n) is 6.42. The van der Waals surface area contributed by atoms with Gasteiger partial charge in [0, 0.05) is 5.69 Å². The molecule has 0 aliphatic rings. The zero-order valence-electron chi connectivity index (χ0n) is 15.9. The molecule has 0 bridgehead atoms. The largest absolute Gasteiger partial charge is 0.462 e. The van der Waals surface area contributed by atoms with E-state index in [1.54, 1.807) is 48.0 Å². The Bertz CT molecular complexity index is 1210. The Morgan fingerprint density at radius 3 is 2.40 bits per heavy atom. The van der Waals surface area contributed by atoms with Crippen LogP contribution in [0.25, 0.3) is 16.6 Å². The van der Waals surface area contributed by atoms with Crippen molar-refractivity contribution in [3.05, 3.63) is 76.3 Å². The number of nitrogens with two attached hydrogens (primary N) is 1. The molecule has 4 rings (SSSR count). The Balaban J connectivity index is 1.76. The van der Waals surface area contributed by atoms with Gasteiger partial charge in [0.15, 0.2) is 5.75 Å². The van der Waals surface area contributed by atoms with Gasteiger partial charge in [-0.2, -0.15) is 0 Å². The summed E-state index contributed by atoms with van der Waals surface area (Å²) in [5.74, 6) is 0.250. The highest BCUT2D eigenvalue weighted by Crippen LogP contribution is 2.40. The molecule has 0 spiro atoms. The molecule has 0 radical (unpaired) electrons.